The number of nitrogens with one attached hydrogen (secondary N) is 4. The van der Waals surface area contributed by atoms with Gasteiger partial charge in [-0.3, -0.25) is 19.4 Å². The molecule has 2 aromatic carbocycles. The second-order valence-electron chi connectivity index (χ2n) is 7.04. The van der Waals surface area contributed by atoms with Gasteiger partial charge in [0.15, 0.2) is 0 Å². The number of carbonyl (C=O) groups excluding carboxylic acids is 2. The predicted octanol–water partition coefficient (Wildman–Crippen LogP) is 3.60. The zero-order chi connectivity index (χ0) is 22.9. The highest BCUT2D eigenvalue weighted by molar-refractivity contribution is 6.04. The zero-order valence-electron chi connectivity index (χ0n) is 16.3. The Morgan fingerprint density at radius 1 is 1.03 bits per heavy atom. The van der Waals surface area contributed by atoms with Crippen LogP contribution in [-0.2, 0) is 15.8 Å². The third-order valence-electron chi connectivity index (χ3n) is 4.76. The number of anilines is 4. The number of hydrogen-bond acceptors (Lipinski definition) is 5. The number of alkyl halides is 3. The Morgan fingerprint density at radius 3 is 2.47 bits per heavy atom. The van der Waals surface area contributed by atoms with Gasteiger partial charge < -0.3 is 16.0 Å². The van der Waals surface area contributed by atoms with E-state index < -0.39 is 35.0 Å². The summed E-state index contributed by atoms with van der Waals surface area (Å²) in [6, 6.07) is 12.9. The Labute approximate surface area is 178 Å². The van der Waals surface area contributed by atoms with Crippen LogP contribution in [0, 0.1) is 0 Å². The molecule has 0 bridgehead atoms. The molecule has 0 unspecified atom stereocenters. The minimum atomic E-state index is -4.54. The summed E-state index contributed by atoms with van der Waals surface area (Å²) in [6.45, 7) is 0. The number of carbonyl (C=O) groups is 2. The average Bonchev–Trinajstić information content (AvgIpc) is 2.73. The number of hydrogen-bond donors (Lipinski definition) is 4. The first-order chi connectivity index (χ1) is 15.2. The van der Waals surface area contributed by atoms with Crippen LogP contribution < -0.4 is 21.5 Å². The molecule has 8 nitrogen and oxygen atoms in total. The van der Waals surface area contributed by atoms with Gasteiger partial charge in [0.25, 0.3) is 5.56 Å². The number of rotatable bonds is 4. The van der Waals surface area contributed by atoms with Crippen molar-refractivity contribution in [1.29, 1.82) is 0 Å². The first-order valence-electron chi connectivity index (χ1n) is 9.45. The molecule has 1 atom stereocenters. The third kappa shape index (κ3) is 4.46. The fraction of sp³-hybridized carbons (Fsp3) is 0.143. The van der Waals surface area contributed by atoms with Gasteiger partial charge in [0.1, 0.15) is 5.82 Å². The van der Waals surface area contributed by atoms with Gasteiger partial charge in [-0.1, -0.05) is 24.3 Å². The molecule has 164 valence electrons. The van der Waals surface area contributed by atoms with E-state index in [0.29, 0.717) is 5.69 Å². The van der Waals surface area contributed by atoms with Crippen molar-refractivity contribution in [2.24, 2.45) is 0 Å². The highest BCUT2D eigenvalue weighted by Gasteiger charge is 2.35. The number of aromatic amines is 1. The summed E-state index contributed by atoms with van der Waals surface area (Å²) in [4.78, 5) is 44.1. The molecule has 0 spiro atoms. The smallest absolute Gasteiger partial charge is 0.326 e. The molecule has 1 aliphatic heterocycles. The number of para-hydroxylation sites is 1. The van der Waals surface area contributed by atoms with Crippen molar-refractivity contribution < 1.29 is 22.8 Å². The van der Waals surface area contributed by atoms with Crippen LogP contribution >= 0.6 is 0 Å². The van der Waals surface area contributed by atoms with Crippen molar-refractivity contribution >= 4 is 35.0 Å². The molecule has 0 radical (unpaired) electrons. The summed E-state index contributed by atoms with van der Waals surface area (Å²) in [5.41, 5.74) is -1.08. The van der Waals surface area contributed by atoms with Crippen molar-refractivity contribution in [3.8, 4) is 0 Å². The van der Waals surface area contributed by atoms with E-state index >= 15 is 0 Å². The first kappa shape index (κ1) is 21.1. The zero-order valence-corrected chi connectivity index (χ0v) is 16.3. The molecule has 2 amide bonds. The number of aromatic nitrogens is 2. The van der Waals surface area contributed by atoms with E-state index in [1.54, 1.807) is 30.3 Å². The number of fused-ring (bicyclic) bond motifs is 1. The van der Waals surface area contributed by atoms with Gasteiger partial charge in [-0.25, -0.2) is 0 Å². The van der Waals surface area contributed by atoms with E-state index in [2.05, 4.69) is 25.9 Å². The lowest BCUT2D eigenvalue weighted by Crippen LogP contribution is -2.36. The molecule has 32 heavy (non-hydrogen) atoms. The molecule has 0 fully saturated rings. The molecule has 4 N–H and O–H groups in total. The second-order valence-corrected chi connectivity index (χ2v) is 7.04. The number of H-pyrrole nitrogens is 1. The summed E-state index contributed by atoms with van der Waals surface area (Å²) >= 11 is 0. The molecule has 1 aliphatic rings. The van der Waals surface area contributed by atoms with Crippen LogP contribution in [0.3, 0.4) is 0 Å². The van der Waals surface area contributed by atoms with Gasteiger partial charge in [0.05, 0.1) is 17.0 Å². The molecule has 11 heteroatoms. The van der Waals surface area contributed by atoms with Crippen LogP contribution in [0.5, 0.6) is 0 Å². The SMILES string of the molecule is O=C1C[C@@H](C(=O)Nc2ccccc2)c2c(nc(Nc3cccc(C(F)(F)F)c3)[nH]c2=O)N1. The summed E-state index contributed by atoms with van der Waals surface area (Å²) < 4.78 is 38.8. The maximum absolute atomic E-state index is 12.9. The summed E-state index contributed by atoms with van der Waals surface area (Å²) in [6.07, 6.45) is -4.79. The van der Waals surface area contributed by atoms with Crippen LogP contribution in [0.4, 0.5) is 36.3 Å². The summed E-state index contributed by atoms with van der Waals surface area (Å²) in [5.74, 6) is -2.48. The van der Waals surface area contributed by atoms with Gasteiger partial charge in [0, 0.05) is 17.8 Å². The lowest BCUT2D eigenvalue weighted by molar-refractivity contribution is -0.137. The molecule has 4 rings (SSSR count). The summed E-state index contributed by atoms with van der Waals surface area (Å²) in [7, 11) is 0. The van der Waals surface area contributed by atoms with E-state index in [1.807, 2.05) is 0 Å². The Hall–Kier alpha value is -4.15. The summed E-state index contributed by atoms with van der Waals surface area (Å²) in [5, 5.41) is 7.68. The van der Waals surface area contributed by atoms with Crippen LogP contribution in [-0.4, -0.2) is 21.8 Å². The van der Waals surface area contributed by atoms with Crippen LogP contribution in [0.25, 0.3) is 0 Å². The lowest BCUT2D eigenvalue weighted by atomic mass is 9.92. The van der Waals surface area contributed by atoms with E-state index in [1.165, 1.54) is 12.1 Å². The Morgan fingerprint density at radius 2 is 1.75 bits per heavy atom. The highest BCUT2D eigenvalue weighted by Crippen LogP contribution is 2.32. The normalized spacial score (nSPS) is 15.5. The van der Waals surface area contributed by atoms with Crippen molar-refractivity contribution in [3.63, 3.8) is 0 Å². The van der Waals surface area contributed by atoms with E-state index in [9.17, 15) is 27.6 Å². The van der Waals surface area contributed by atoms with Gasteiger partial charge in [-0.2, -0.15) is 18.2 Å². The van der Waals surface area contributed by atoms with E-state index in [-0.39, 0.29) is 29.4 Å². The quantitative estimate of drug-likeness (QED) is 0.492. The highest BCUT2D eigenvalue weighted by atomic mass is 19.4. The molecule has 2 heterocycles. The minimum Gasteiger partial charge on any atom is -0.326 e. The van der Waals surface area contributed by atoms with Crippen molar-refractivity contribution in [3.05, 3.63) is 76.1 Å². The maximum Gasteiger partial charge on any atom is 0.416 e. The number of nitrogens with zero attached hydrogens (tertiary/aromatic N) is 1. The number of amides is 2. The standard InChI is InChI=1S/C21H16F3N5O3/c22-21(23,24)11-5-4-8-13(9-11)26-20-28-17-16(19(32)29-20)14(10-15(30)27-17)18(31)25-12-6-2-1-3-7-12/h1-9,14H,10H2,(H,25,31)(H3,26,27,28,29,30,32)/t14-/m1/s1. The molecule has 0 saturated heterocycles. The van der Waals surface area contributed by atoms with E-state index in [4.69, 9.17) is 0 Å². The van der Waals surface area contributed by atoms with Gasteiger partial charge in [0.2, 0.25) is 17.8 Å². The lowest BCUT2D eigenvalue weighted by Gasteiger charge is -2.23. The predicted molar refractivity (Wildman–Crippen MR) is 111 cm³/mol. The fourth-order valence-electron chi connectivity index (χ4n) is 3.32. The van der Waals surface area contributed by atoms with Crippen LogP contribution in [0.2, 0.25) is 0 Å². The molecule has 1 aromatic heterocycles. The topological polar surface area (TPSA) is 116 Å². The average molecular weight is 443 g/mol. The molecule has 0 aliphatic carbocycles. The van der Waals surface area contributed by atoms with E-state index in [0.717, 1.165) is 12.1 Å². The van der Waals surface area contributed by atoms with Gasteiger partial charge in [-0.05, 0) is 30.3 Å². The monoisotopic (exact) mass is 443 g/mol. The van der Waals surface area contributed by atoms with Gasteiger partial charge >= 0.3 is 6.18 Å². The molecular weight excluding hydrogens is 427 g/mol. The largest absolute Gasteiger partial charge is 0.416 e. The molecule has 3 aromatic rings. The number of halogens is 3. The third-order valence-corrected chi connectivity index (χ3v) is 4.76. The maximum atomic E-state index is 12.9. The Kier molecular flexibility index (Phi) is 5.39. The van der Waals surface area contributed by atoms with Crippen molar-refractivity contribution in [2.75, 3.05) is 16.0 Å². The minimum absolute atomic E-state index is 0.0310. The van der Waals surface area contributed by atoms with Crippen LogP contribution in [0.1, 0.15) is 23.5 Å². The van der Waals surface area contributed by atoms with Gasteiger partial charge in [-0.15, -0.1) is 0 Å². The van der Waals surface area contributed by atoms with Crippen molar-refractivity contribution in [1.82, 2.24) is 9.97 Å². The molecule has 0 saturated carbocycles. The van der Waals surface area contributed by atoms with Crippen molar-refractivity contribution in [2.45, 2.75) is 18.5 Å². The Balaban J connectivity index is 1.63. The second kappa shape index (κ2) is 8.17. The fourth-order valence-corrected chi connectivity index (χ4v) is 3.32. The number of benzene rings is 2. The molecular formula is C21H16F3N5O3. The Bertz CT molecular complexity index is 1240. The first-order valence-corrected chi connectivity index (χ1v) is 9.45. The van der Waals surface area contributed by atoms with Crippen LogP contribution in [0.15, 0.2) is 59.4 Å².